The maximum absolute atomic E-state index is 9.53. The Bertz CT molecular complexity index is 128. The molecule has 0 fully saturated rings. The molecule has 190 valence electrons. The zero-order chi connectivity index (χ0) is 25.0. The monoisotopic (exact) mass is 481 g/mol. The largest absolute Gasteiger partial charge is 4.00 e. The van der Waals surface area contributed by atoms with E-state index in [9.17, 15) is 20.4 Å². The average molecular weight is 482 g/mol. The summed E-state index contributed by atoms with van der Waals surface area (Å²) in [5, 5.41) is 62.3. The minimum absolute atomic E-state index is 0. The maximum atomic E-state index is 9.53. The standard InChI is InChI=1S/3C3H8O.4C3H7O.H3N.Ti/c7*1-3(2)4;;/h3*3-4H,1-2H3;4*3H,1-2H3;1H3;/q;;;4*-1;;+4. The van der Waals surface area contributed by atoms with Gasteiger partial charge in [-0.25, -0.2) is 0 Å². The van der Waals surface area contributed by atoms with E-state index >= 15 is 0 Å². The Hall–Kier alpha value is 0.394. The van der Waals surface area contributed by atoms with Gasteiger partial charge in [-0.2, -0.15) is 0 Å². The van der Waals surface area contributed by atoms with Crippen molar-refractivity contribution >= 4 is 0 Å². The van der Waals surface area contributed by atoms with Crippen LogP contribution in [0, 0.1) is 0 Å². The molecule has 0 unspecified atom stereocenters. The van der Waals surface area contributed by atoms with Gasteiger partial charge < -0.3 is 41.9 Å². The molecule has 0 aliphatic rings. The van der Waals surface area contributed by atoms with E-state index in [1.54, 1.807) is 96.9 Å². The first-order valence-corrected chi connectivity index (χ1v) is 9.80. The first-order chi connectivity index (χ1) is 12.1. The summed E-state index contributed by atoms with van der Waals surface area (Å²) in [4.78, 5) is 0. The van der Waals surface area contributed by atoms with E-state index in [0.29, 0.717) is 0 Å². The number of aliphatic hydroxyl groups excluding tert-OH is 3. The van der Waals surface area contributed by atoms with Crippen LogP contribution in [0.5, 0.6) is 0 Å². The molecule has 0 aromatic rings. The summed E-state index contributed by atoms with van der Waals surface area (Å²) >= 11 is 0. The molecule has 0 saturated heterocycles. The Morgan fingerprint density at radius 2 is 0.367 bits per heavy atom. The average Bonchev–Trinajstić information content (AvgIpc) is 2.20. The van der Waals surface area contributed by atoms with Crippen LogP contribution in [-0.2, 0) is 21.7 Å². The minimum Gasteiger partial charge on any atom is -0.852 e. The normalized spacial score (nSPS) is 8.40. The Morgan fingerprint density at radius 1 is 0.367 bits per heavy atom. The van der Waals surface area contributed by atoms with Gasteiger partial charge in [-0.1, -0.05) is 55.4 Å². The molecule has 0 aliphatic carbocycles. The second-order valence-corrected chi connectivity index (χ2v) is 7.48. The van der Waals surface area contributed by atoms with Gasteiger partial charge in [0.1, 0.15) is 0 Å². The first-order valence-electron chi connectivity index (χ1n) is 9.80. The molecule has 30 heavy (non-hydrogen) atoms. The molecular formula is C21H55NO7Ti. The summed E-state index contributed by atoms with van der Waals surface area (Å²) in [5.41, 5.74) is 0. The van der Waals surface area contributed by atoms with Gasteiger partial charge in [-0.05, 0) is 41.5 Å². The van der Waals surface area contributed by atoms with Crippen LogP contribution in [0.25, 0.3) is 0 Å². The third kappa shape index (κ3) is 137000. The van der Waals surface area contributed by atoms with Crippen molar-refractivity contribution in [3.8, 4) is 0 Å². The second kappa shape index (κ2) is 51.8. The molecular weight excluding hydrogens is 426 g/mol. The Morgan fingerprint density at radius 3 is 0.367 bits per heavy atom. The molecule has 0 amide bonds. The Labute approximate surface area is 203 Å². The van der Waals surface area contributed by atoms with Crippen LogP contribution >= 0.6 is 0 Å². The van der Waals surface area contributed by atoms with Gasteiger partial charge in [0.15, 0.2) is 0 Å². The SMILES string of the molecule is CC(C)O.CC(C)O.CC(C)O.CC(C)[O-].CC(C)[O-].CC(C)[O-].CC(C)[O-].N.[Ti+4]. The summed E-state index contributed by atoms with van der Waals surface area (Å²) in [6.45, 7) is 23.2. The first kappa shape index (κ1) is 57.4. The van der Waals surface area contributed by atoms with Crippen molar-refractivity contribution in [3.63, 3.8) is 0 Å². The number of hydrogen-bond acceptors (Lipinski definition) is 8. The Balaban J connectivity index is -0.0000000242. The van der Waals surface area contributed by atoms with E-state index in [1.165, 1.54) is 0 Å². The van der Waals surface area contributed by atoms with Crippen LogP contribution in [0.4, 0.5) is 0 Å². The van der Waals surface area contributed by atoms with Gasteiger partial charge in [0, 0.05) is 18.3 Å². The smallest absolute Gasteiger partial charge is 0.852 e. The molecule has 0 aromatic carbocycles. The van der Waals surface area contributed by atoms with E-state index in [-0.39, 0.29) is 46.2 Å². The van der Waals surface area contributed by atoms with Crippen molar-refractivity contribution in [1.29, 1.82) is 0 Å². The minimum atomic E-state index is -0.417. The molecule has 0 bridgehead atoms. The van der Waals surface area contributed by atoms with Crippen LogP contribution in [-0.4, -0.2) is 58.0 Å². The molecule has 8 nitrogen and oxygen atoms in total. The summed E-state index contributed by atoms with van der Waals surface area (Å²) in [5.74, 6) is 0. The van der Waals surface area contributed by atoms with Crippen molar-refractivity contribution in [2.45, 2.75) is 140 Å². The topological polar surface area (TPSA) is 188 Å². The molecule has 0 rings (SSSR count). The van der Waals surface area contributed by atoms with Crippen molar-refractivity contribution in [3.05, 3.63) is 0 Å². The maximum Gasteiger partial charge on any atom is 4.00 e. The van der Waals surface area contributed by atoms with Gasteiger partial charge in [0.25, 0.3) is 0 Å². The quantitative estimate of drug-likeness (QED) is 0.356. The van der Waals surface area contributed by atoms with Gasteiger partial charge in [-0.15, -0.1) is 24.4 Å². The van der Waals surface area contributed by atoms with Crippen LogP contribution in [0.15, 0.2) is 0 Å². The van der Waals surface area contributed by atoms with E-state index in [2.05, 4.69) is 0 Å². The molecule has 0 aliphatic heterocycles. The molecule has 0 atom stereocenters. The summed E-state index contributed by atoms with van der Waals surface area (Å²) in [7, 11) is 0. The number of hydrogen-bond donors (Lipinski definition) is 4. The molecule has 0 radical (unpaired) electrons. The molecule has 0 saturated carbocycles. The van der Waals surface area contributed by atoms with E-state index < -0.39 is 24.4 Å². The van der Waals surface area contributed by atoms with Gasteiger partial charge in [0.2, 0.25) is 0 Å². The van der Waals surface area contributed by atoms with Gasteiger partial charge >= 0.3 is 21.7 Å². The zero-order valence-electron chi connectivity index (χ0n) is 22.2. The molecule has 0 heterocycles. The van der Waals surface area contributed by atoms with Gasteiger partial charge in [-0.3, -0.25) is 0 Å². The third-order valence-electron chi connectivity index (χ3n) is 0. The fraction of sp³-hybridized carbons (Fsp3) is 1.00. The van der Waals surface area contributed by atoms with Crippen LogP contribution in [0.1, 0.15) is 96.9 Å². The fourth-order valence-corrected chi connectivity index (χ4v) is 0. The predicted molar refractivity (Wildman–Crippen MR) is 118 cm³/mol. The Kier molecular flexibility index (Phi) is 99.0. The fourth-order valence-electron chi connectivity index (χ4n) is 0. The predicted octanol–water partition coefficient (Wildman–Crippen LogP) is 0.341. The summed E-state index contributed by atoms with van der Waals surface area (Å²) < 4.78 is 0. The summed E-state index contributed by atoms with van der Waals surface area (Å²) in [6.07, 6.45) is -2.17. The van der Waals surface area contributed by atoms with Crippen LogP contribution in [0.3, 0.4) is 0 Å². The van der Waals surface area contributed by atoms with Crippen molar-refractivity contribution in [1.82, 2.24) is 6.15 Å². The second-order valence-electron chi connectivity index (χ2n) is 7.48. The summed E-state index contributed by atoms with van der Waals surface area (Å²) in [6, 6.07) is 0. The molecule has 0 aromatic heterocycles. The van der Waals surface area contributed by atoms with E-state index in [4.69, 9.17) is 15.3 Å². The molecule has 9 heteroatoms. The third-order valence-corrected chi connectivity index (χ3v) is 0. The van der Waals surface area contributed by atoms with Crippen LogP contribution < -0.4 is 26.6 Å². The van der Waals surface area contributed by atoms with Crippen molar-refractivity contribution in [2.24, 2.45) is 0 Å². The van der Waals surface area contributed by atoms with Crippen molar-refractivity contribution < 1.29 is 57.5 Å². The van der Waals surface area contributed by atoms with E-state index in [0.717, 1.165) is 0 Å². The molecule has 0 spiro atoms. The van der Waals surface area contributed by atoms with Crippen LogP contribution in [0.2, 0.25) is 0 Å². The van der Waals surface area contributed by atoms with Gasteiger partial charge in [0.05, 0.1) is 0 Å². The number of aliphatic hydroxyl groups is 3. The van der Waals surface area contributed by atoms with E-state index in [1.807, 2.05) is 0 Å². The zero-order valence-corrected chi connectivity index (χ0v) is 23.8. The molecule has 6 N–H and O–H groups in total. The van der Waals surface area contributed by atoms with Crippen molar-refractivity contribution in [2.75, 3.05) is 0 Å². The number of rotatable bonds is 0.